The van der Waals surface area contributed by atoms with Crippen molar-refractivity contribution in [1.82, 2.24) is 15.0 Å². The highest BCUT2D eigenvalue weighted by Gasteiger charge is 2.43. The fourth-order valence-corrected chi connectivity index (χ4v) is 7.53. The predicted octanol–water partition coefficient (Wildman–Crippen LogP) is 9.10. The molecule has 0 saturated carbocycles. The van der Waals surface area contributed by atoms with Gasteiger partial charge in [-0.15, -0.1) is 5.10 Å². The van der Waals surface area contributed by atoms with Gasteiger partial charge in [-0.3, -0.25) is 0 Å². The normalized spacial score (nSPS) is 13.3. The van der Waals surface area contributed by atoms with E-state index in [1.807, 2.05) is 61.5 Å². The number of hydrogen-bond acceptors (Lipinski definition) is 6. The van der Waals surface area contributed by atoms with Gasteiger partial charge in [0.2, 0.25) is 0 Å². The van der Waals surface area contributed by atoms with Gasteiger partial charge in [0.15, 0.2) is 10.7 Å². The summed E-state index contributed by atoms with van der Waals surface area (Å²) in [5, 5.41) is 9.92. The van der Waals surface area contributed by atoms with Crippen molar-refractivity contribution in [2.75, 3.05) is 24.6 Å². The Bertz CT molecular complexity index is 1840. The van der Waals surface area contributed by atoms with Crippen LogP contribution in [0.4, 0.5) is 5.69 Å². The zero-order valence-corrected chi connectivity index (χ0v) is 27.9. The first kappa shape index (κ1) is 31.5. The number of benzene rings is 5. The number of esters is 1. The Kier molecular flexibility index (Phi) is 9.39. The summed E-state index contributed by atoms with van der Waals surface area (Å²) in [6, 6.07) is 47.7. The molecule has 7 rings (SSSR count). The van der Waals surface area contributed by atoms with Crippen molar-refractivity contribution >= 4 is 23.4 Å². The molecule has 1 aliphatic heterocycles. The maximum absolute atomic E-state index is 13.9. The number of piperidine rings is 1. The molecule has 6 nitrogen and oxygen atoms in total. The monoisotopic (exact) mass is 650 g/mol. The van der Waals surface area contributed by atoms with Crippen LogP contribution in [-0.4, -0.2) is 40.7 Å². The number of rotatable bonds is 10. The molecule has 1 saturated heterocycles. The summed E-state index contributed by atoms with van der Waals surface area (Å²) in [4.78, 5) is 17.3. The van der Waals surface area contributed by atoms with E-state index in [-0.39, 0.29) is 6.61 Å². The van der Waals surface area contributed by atoms with Crippen molar-refractivity contribution < 1.29 is 9.53 Å². The molecule has 0 unspecified atom stereocenters. The summed E-state index contributed by atoms with van der Waals surface area (Å²) in [5.74, 6) is -0.470. The van der Waals surface area contributed by atoms with Crippen molar-refractivity contribution in [3.63, 3.8) is 0 Å². The summed E-state index contributed by atoms with van der Waals surface area (Å²) in [7, 11) is 0. The molecule has 7 heteroatoms. The van der Waals surface area contributed by atoms with E-state index >= 15 is 0 Å². The summed E-state index contributed by atoms with van der Waals surface area (Å²) in [5.41, 5.74) is 5.75. The first-order valence-corrected chi connectivity index (χ1v) is 17.4. The molecule has 0 atom stereocenters. The van der Waals surface area contributed by atoms with E-state index < -0.39 is 11.5 Å². The highest BCUT2D eigenvalue weighted by molar-refractivity contribution is 7.99. The second kappa shape index (κ2) is 14.3. The Morgan fingerprint density at radius 3 is 1.69 bits per heavy atom. The lowest BCUT2D eigenvalue weighted by molar-refractivity contribution is 0.0503. The molecule has 1 aromatic heterocycles. The summed E-state index contributed by atoms with van der Waals surface area (Å²) >= 11 is 1.41. The third-order valence-corrected chi connectivity index (χ3v) is 9.97. The van der Waals surface area contributed by atoms with Crippen LogP contribution in [-0.2, 0) is 10.3 Å². The third-order valence-electron chi connectivity index (χ3n) is 8.99. The zero-order chi connectivity index (χ0) is 32.8. The molecule has 0 bridgehead atoms. The lowest BCUT2D eigenvalue weighted by atomic mass is 9.77. The number of hydrogen-bond donors (Lipinski definition) is 0. The minimum Gasteiger partial charge on any atom is -0.461 e. The van der Waals surface area contributed by atoms with Gasteiger partial charge in [-0.1, -0.05) is 132 Å². The lowest BCUT2D eigenvalue weighted by Crippen LogP contribution is -2.40. The maximum Gasteiger partial charge on any atom is 0.359 e. The van der Waals surface area contributed by atoms with Crippen molar-refractivity contribution in [2.24, 2.45) is 0 Å². The van der Waals surface area contributed by atoms with Gasteiger partial charge >= 0.3 is 5.97 Å². The number of nitrogens with zero attached hydrogens (tertiary/aromatic N) is 4. The quantitative estimate of drug-likeness (QED) is 0.109. The van der Waals surface area contributed by atoms with Crippen molar-refractivity contribution in [2.45, 2.75) is 41.6 Å². The predicted molar refractivity (Wildman–Crippen MR) is 193 cm³/mol. The summed E-state index contributed by atoms with van der Waals surface area (Å²) in [6.07, 6.45) is 3.85. The molecule has 6 aromatic rings. The van der Waals surface area contributed by atoms with Crippen LogP contribution in [0.25, 0.3) is 11.1 Å². The van der Waals surface area contributed by atoms with Crippen LogP contribution in [0.1, 0.15) is 53.4 Å². The van der Waals surface area contributed by atoms with Crippen LogP contribution < -0.4 is 4.90 Å². The number of carbonyl (C=O) groups excluding carboxylic acids is 1. The Balaban J connectivity index is 1.28. The van der Waals surface area contributed by atoms with Gasteiger partial charge in [-0.25, -0.2) is 9.48 Å². The molecule has 240 valence electrons. The standard InChI is InChI=1S/C41H38N4O2S/c1-2-47-40(46)38-39(48-37-27-23-32(24-28-37)31-21-25-36(26-22-31)44-29-13-6-14-30-44)42-43-45(38)41(33-15-7-3-8-16-33,34-17-9-4-10-18-34)35-19-11-5-12-20-35/h3-5,7-12,15-28H,2,6,13-14,29-30H2,1H3. The zero-order valence-electron chi connectivity index (χ0n) is 27.0. The number of anilines is 1. The average Bonchev–Trinajstić information content (AvgIpc) is 3.58. The van der Waals surface area contributed by atoms with Crippen LogP contribution in [0.15, 0.2) is 149 Å². The molecule has 1 fully saturated rings. The van der Waals surface area contributed by atoms with E-state index in [4.69, 9.17) is 9.95 Å². The summed E-state index contributed by atoms with van der Waals surface area (Å²) < 4.78 is 7.44. The number of aromatic nitrogens is 3. The van der Waals surface area contributed by atoms with Gasteiger partial charge in [0.1, 0.15) is 5.54 Å². The van der Waals surface area contributed by atoms with Crippen LogP contribution in [0, 0.1) is 0 Å². The van der Waals surface area contributed by atoms with Crippen LogP contribution in [0.3, 0.4) is 0 Å². The van der Waals surface area contributed by atoms with Gasteiger partial charge in [0.25, 0.3) is 0 Å². The lowest BCUT2D eigenvalue weighted by Gasteiger charge is -2.36. The van der Waals surface area contributed by atoms with Gasteiger partial charge < -0.3 is 9.64 Å². The first-order chi connectivity index (χ1) is 23.7. The van der Waals surface area contributed by atoms with Crippen LogP contribution in [0.5, 0.6) is 0 Å². The average molecular weight is 651 g/mol. The molecule has 5 aromatic carbocycles. The Labute approximate surface area is 286 Å². The van der Waals surface area contributed by atoms with Gasteiger partial charge in [0.05, 0.1) is 6.61 Å². The molecule has 0 amide bonds. The highest BCUT2D eigenvalue weighted by atomic mass is 32.2. The Hall–Kier alpha value is -5.14. The van der Waals surface area contributed by atoms with Crippen LogP contribution in [0.2, 0.25) is 0 Å². The van der Waals surface area contributed by atoms with E-state index in [9.17, 15) is 4.79 Å². The molecular formula is C41H38N4O2S. The van der Waals surface area contributed by atoms with E-state index in [0.29, 0.717) is 10.7 Å². The van der Waals surface area contributed by atoms with Gasteiger partial charge in [0, 0.05) is 23.7 Å². The molecule has 2 heterocycles. The Morgan fingerprint density at radius 1 is 0.688 bits per heavy atom. The van der Waals surface area contributed by atoms with E-state index in [1.54, 1.807) is 4.68 Å². The molecule has 0 radical (unpaired) electrons. The Morgan fingerprint density at radius 2 is 1.19 bits per heavy atom. The minimum absolute atomic E-state index is 0.231. The van der Waals surface area contributed by atoms with Crippen molar-refractivity contribution in [3.05, 3.63) is 162 Å². The smallest absolute Gasteiger partial charge is 0.359 e. The fourth-order valence-electron chi connectivity index (χ4n) is 6.69. The third kappa shape index (κ3) is 6.14. The van der Waals surface area contributed by atoms with E-state index in [2.05, 4.69) is 94.9 Å². The molecular weight excluding hydrogens is 613 g/mol. The first-order valence-electron chi connectivity index (χ1n) is 16.6. The SMILES string of the molecule is CCOC(=O)c1c(Sc2ccc(-c3ccc(N4CCCCC4)cc3)cc2)nnn1C(c1ccccc1)(c1ccccc1)c1ccccc1. The second-order valence-corrected chi connectivity index (χ2v) is 13.0. The van der Waals surface area contributed by atoms with Crippen molar-refractivity contribution in [1.29, 1.82) is 0 Å². The molecule has 48 heavy (non-hydrogen) atoms. The van der Waals surface area contributed by atoms with E-state index in [0.717, 1.165) is 40.2 Å². The number of carbonyl (C=O) groups is 1. The molecule has 1 aliphatic rings. The molecule has 0 N–H and O–H groups in total. The maximum atomic E-state index is 13.9. The molecule has 0 spiro atoms. The topological polar surface area (TPSA) is 60.2 Å². The summed E-state index contributed by atoms with van der Waals surface area (Å²) in [6.45, 7) is 4.31. The van der Waals surface area contributed by atoms with E-state index in [1.165, 1.54) is 42.3 Å². The molecule has 0 aliphatic carbocycles. The van der Waals surface area contributed by atoms with Gasteiger partial charge in [-0.2, -0.15) is 0 Å². The fraction of sp³-hybridized carbons (Fsp3) is 0.195. The van der Waals surface area contributed by atoms with Gasteiger partial charge in [-0.05, 0) is 78.3 Å². The largest absolute Gasteiger partial charge is 0.461 e. The number of ether oxygens (including phenoxy) is 1. The second-order valence-electron chi connectivity index (χ2n) is 11.9. The van der Waals surface area contributed by atoms with Crippen LogP contribution >= 0.6 is 11.8 Å². The highest BCUT2D eigenvalue weighted by Crippen LogP contribution is 2.43. The van der Waals surface area contributed by atoms with Crippen molar-refractivity contribution in [3.8, 4) is 11.1 Å². The minimum atomic E-state index is -0.998.